The molecule has 5 N–H and O–H groups in total. The van der Waals surface area contributed by atoms with Crippen LogP contribution in [-0.4, -0.2) is 58.1 Å². The molecule has 2 atom stereocenters. The maximum absolute atomic E-state index is 13.4. The van der Waals surface area contributed by atoms with E-state index in [1.807, 2.05) is 0 Å². The minimum Gasteiger partial charge on any atom is -0.394 e. The molecule has 1 unspecified atom stereocenters. The van der Waals surface area contributed by atoms with Gasteiger partial charge in [0.15, 0.2) is 11.6 Å². The molecule has 10 heteroatoms. The summed E-state index contributed by atoms with van der Waals surface area (Å²) < 4.78 is 22.2. The Morgan fingerprint density at radius 3 is 1.29 bits per heavy atom. The number of nitrogens with two attached hydrogens (primary N) is 1. The first-order chi connectivity index (χ1) is 24.7. The number of ketones is 2. The SMILES string of the molecule is CCCCCCCC/C=C\CCCCCCCC(=O)C(O)(C(=O)CCCCCCC/C=C\CCCCCCCC)[C@H](CO)OP(=O)(O)OCCN. The van der Waals surface area contributed by atoms with Crippen LogP contribution in [0.15, 0.2) is 24.3 Å². The smallest absolute Gasteiger partial charge is 0.394 e. The standard InChI is InChI=1S/C41H78NO8P/c1-3-5-7-9-11-13-15-17-19-21-23-25-27-29-31-33-38(44)41(46,40(37-43)50-51(47,48)49-36-35-42)39(45)34-32-30-28-26-24-22-20-18-16-14-12-10-8-6-4-2/h17-20,40,43,46H,3-16,21-37,42H2,1-2H3,(H,47,48)/b19-17-,20-18-/t40-/m0/s1. The molecule has 0 fully saturated rings. The highest BCUT2D eigenvalue weighted by Gasteiger charge is 2.52. The largest absolute Gasteiger partial charge is 0.472 e. The number of aliphatic hydroxyl groups excluding tert-OH is 1. The van der Waals surface area contributed by atoms with Crippen molar-refractivity contribution in [2.75, 3.05) is 19.8 Å². The first-order valence-corrected chi connectivity index (χ1v) is 22.2. The lowest BCUT2D eigenvalue weighted by molar-refractivity contribution is -0.165. The Labute approximate surface area is 312 Å². The van der Waals surface area contributed by atoms with Gasteiger partial charge in [-0.05, 0) is 64.2 Å². The normalized spacial score (nSPS) is 14.1. The van der Waals surface area contributed by atoms with E-state index in [1.54, 1.807) is 0 Å². The van der Waals surface area contributed by atoms with Gasteiger partial charge >= 0.3 is 7.82 Å². The van der Waals surface area contributed by atoms with E-state index in [-0.39, 0.29) is 26.0 Å². The van der Waals surface area contributed by atoms with Gasteiger partial charge in [0.25, 0.3) is 0 Å². The second-order valence-corrected chi connectivity index (χ2v) is 15.6. The third-order valence-electron chi connectivity index (χ3n) is 9.45. The maximum atomic E-state index is 13.4. The molecule has 0 heterocycles. The number of hydrogen-bond donors (Lipinski definition) is 4. The van der Waals surface area contributed by atoms with E-state index in [2.05, 4.69) is 38.2 Å². The lowest BCUT2D eigenvalue weighted by Crippen LogP contribution is -2.58. The topological polar surface area (TPSA) is 156 Å². The number of allylic oxidation sites excluding steroid dienone is 4. The Kier molecular flexibility index (Phi) is 33.8. The quantitative estimate of drug-likeness (QED) is 0.0208. The fourth-order valence-electron chi connectivity index (χ4n) is 6.21. The third kappa shape index (κ3) is 27.1. The van der Waals surface area contributed by atoms with Gasteiger partial charge in [-0.25, -0.2) is 4.57 Å². The molecular formula is C41H78NO8P. The van der Waals surface area contributed by atoms with Crippen molar-refractivity contribution in [1.29, 1.82) is 0 Å². The molecule has 0 rings (SSSR count). The molecule has 0 aliphatic carbocycles. The van der Waals surface area contributed by atoms with Crippen LogP contribution in [-0.2, 0) is 23.2 Å². The van der Waals surface area contributed by atoms with Gasteiger partial charge in [0.2, 0.25) is 5.60 Å². The Hall–Kier alpha value is -1.19. The van der Waals surface area contributed by atoms with Crippen molar-refractivity contribution in [1.82, 2.24) is 0 Å². The van der Waals surface area contributed by atoms with Crippen molar-refractivity contribution in [3.05, 3.63) is 24.3 Å². The molecule has 0 aliphatic rings. The zero-order valence-electron chi connectivity index (χ0n) is 32.7. The van der Waals surface area contributed by atoms with Crippen LogP contribution in [0, 0.1) is 0 Å². The zero-order valence-corrected chi connectivity index (χ0v) is 33.6. The number of Topliss-reactive ketones (excluding diaryl/α,β-unsaturated/α-hetero) is 2. The summed E-state index contributed by atoms with van der Waals surface area (Å²) in [4.78, 5) is 36.9. The highest BCUT2D eigenvalue weighted by atomic mass is 31.2. The number of hydrogen-bond acceptors (Lipinski definition) is 8. The monoisotopic (exact) mass is 744 g/mol. The van der Waals surface area contributed by atoms with E-state index in [4.69, 9.17) is 14.8 Å². The second kappa shape index (κ2) is 34.6. The summed E-state index contributed by atoms with van der Waals surface area (Å²) in [5.74, 6) is -1.62. The number of aliphatic hydroxyl groups is 2. The van der Waals surface area contributed by atoms with Gasteiger partial charge in [0, 0.05) is 19.4 Å². The summed E-state index contributed by atoms with van der Waals surface area (Å²) >= 11 is 0. The summed E-state index contributed by atoms with van der Waals surface area (Å²) in [6.45, 7) is 3.08. The summed E-state index contributed by atoms with van der Waals surface area (Å²) in [6.07, 6.45) is 35.3. The van der Waals surface area contributed by atoms with Gasteiger partial charge in [-0.1, -0.05) is 141 Å². The van der Waals surface area contributed by atoms with Crippen molar-refractivity contribution >= 4 is 19.4 Å². The number of unbranched alkanes of at least 4 members (excludes halogenated alkanes) is 22. The van der Waals surface area contributed by atoms with Gasteiger partial charge in [-0.3, -0.25) is 18.6 Å². The highest BCUT2D eigenvalue weighted by Crippen LogP contribution is 2.46. The average Bonchev–Trinajstić information content (AvgIpc) is 3.12. The Morgan fingerprint density at radius 1 is 0.627 bits per heavy atom. The van der Waals surface area contributed by atoms with E-state index >= 15 is 0 Å². The van der Waals surface area contributed by atoms with Gasteiger partial charge in [-0.15, -0.1) is 0 Å². The highest BCUT2D eigenvalue weighted by molar-refractivity contribution is 7.47. The molecule has 0 aliphatic heterocycles. The maximum Gasteiger partial charge on any atom is 0.472 e. The van der Waals surface area contributed by atoms with Crippen molar-refractivity contribution in [3.8, 4) is 0 Å². The van der Waals surface area contributed by atoms with E-state index < -0.39 is 37.7 Å². The summed E-state index contributed by atoms with van der Waals surface area (Å²) in [5.41, 5.74) is 2.60. The van der Waals surface area contributed by atoms with Crippen molar-refractivity contribution in [2.45, 2.75) is 205 Å². The van der Waals surface area contributed by atoms with Crippen LogP contribution in [0.5, 0.6) is 0 Å². The van der Waals surface area contributed by atoms with Crippen LogP contribution in [0.1, 0.15) is 194 Å². The minimum absolute atomic E-state index is 0.0647. The molecular weight excluding hydrogens is 665 g/mol. The first kappa shape index (κ1) is 49.8. The molecule has 9 nitrogen and oxygen atoms in total. The zero-order chi connectivity index (χ0) is 37.9. The molecule has 0 bridgehead atoms. The predicted molar refractivity (Wildman–Crippen MR) is 211 cm³/mol. The number of carbonyl (C=O) groups excluding carboxylic acids is 2. The number of phosphoric ester groups is 1. The van der Waals surface area contributed by atoms with E-state index in [0.717, 1.165) is 77.0 Å². The first-order valence-electron chi connectivity index (χ1n) is 20.7. The molecule has 0 saturated heterocycles. The fraction of sp³-hybridized carbons (Fsp3) is 0.854. The predicted octanol–water partition coefficient (Wildman–Crippen LogP) is 10.4. The van der Waals surface area contributed by atoms with E-state index in [9.17, 15) is 29.3 Å². The molecule has 0 spiro atoms. The lowest BCUT2D eigenvalue weighted by Gasteiger charge is -2.33. The summed E-state index contributed by atoms with van der Waals surface area (Å²) in [6, 6.07) is 0. The van der Waals surface area contributed by atoms with Crippen molar-refractivity contribution in [3.63, 3.8) is 0 Å². The molecule has 51 heavy (non-hydrogen) atoms. The number of carbonyl (C=O) groups is 2. The van der Waals surface area contributed by atoms with Crippen LogP contribution in [0.2, 0.25) is 0 Å². The molecule has 300 valence electrons. The van der Waals surface area contributed by atoms with Crippen LogP contribution >= 0.6 is 7.82 Å². The minimum atomic E-state index is -4.80. The molecule has 0 radical (unpaired) electrons. The summed E-state index contributed by atoms with van der Waals surface area (Å²) in [7, 11) is -4.80. The number of phosphoric acid groups is 1. The summed E-state index contributed by atoms with van der Waals surface area (Å²) in [5, 5.41) is 21.6. The lowest BCUT2D eigenvalue weighted by atomic mass is 9.82. The van der Waals surface area contributed by atoms with Crippen LogP contribution in [0.25, 0.3) is 0 Å². The van der Waals surface area contributed by atoms with Gasteiger partial charge in [0.05, 0.1) is 13.2 Å². The van der Waals surface area contributed by atoms with Gasteiger partial charge in [-0.2, -0.15) is 0 Å². The van der Waals surface area contributed by atoms with Crippen LogP contribution in [0.4, 0.5) is 0 Å². The van der Waals surface area contributed by atoms with Crippen molar-refractivity contribution in [2.24, 2.45) is 5.73 Å². The third-order valence-corrected chi connectivity index (χ3v) is 10.5. The molecule has 0 aromatic heterocycles. The number of rotatable bonds is 39. The molecule has 0 amide bonds. The average molecular weight is 744 g/mol. The van der Waals surface area contributed by atoms with Crippen molar-refractivity contribution < 1.29 is 38.3 Å². The second-order valence-electron chi connectivity index (χ2n) is 14.1. The molecule has 0 aromatic rings. The molecule has 0 aromatic carbocycles. The van der Waals surface area contributed by atoms with E-state index in [1.165, 1.54) is 77.0 Å². The Morgan fingerprint density at radius 2 is 0.961 bits per heavy atom. The Bertz CT molecular complexity index is 889. The van der Waals surface area contributed by atoms with Gasteiger partial charge in [0.1, 0.15) is 6.10 Å². The fourth-order valence-corrected chi connectivity index (χ4v) is 7.15. The van der Waals surface area contributed by atoms with Gasteiger partial charge < -0.3 is 20.8 Å². The molecule has 0 saturated carbocycles. The Balaban J connectivity index is 4.71. The van der Waals surface area contributed by atoms with E-state index in [0.29, 0.717) is 12.8 Å². The van der Waals surface area contributed by atoms with Crippen LogP contribution < -0.4 is 5.73 Å². The van der Waals surface area contributed by atoms with Crippen LogP contribution in [0.3, 0.4) is 0 Å².